The highest BCUT2D eigenvalue weighted by Gasteiger charge is 2.21. The van der Waals surface area contributed by atoms with Crippen LogP contribution in [-0.4, -0.2) is 18.4 Å². The molecule has 4 aromatic rings. The van der Waals surface area contributed by atoms with Crippen LogP contribution in [0.1, 0.15) is 36.5 Å². The molecule has 0 aliphatic carbocycles. The number of fused-ring (bicyclic) bond motifs is 1. The minimum absolute atomic E-state index is 0.157. The van der Waals surface area contributed by atoms with Gasteiger partial charge in [-0.3, -0.25) is 4.72 Å². The van der Waals surface area contributed by atoms with E-state index in [1.54, 1.807) is 19.1 Å². The Morgan fingerprint density at radius 3 is 2.18 bits per heavy atom. The number of nitrogens with zero attached hydrogens (tertiary/aromatic N) is 2. The van der Waals surface area contributed by atoms with Crippen LogP contribution in [0.15, 0.2) is 71.6 Å². The van der Waals surface area contributed by atoms with Crippen molar-refractivity contribution in [2.75, 3.05) is 10.0 Å². The van der Waals surface area contributed by atoms with E-state index < -0.39 is 10.0 Å². The zero-order valence-electron chi connectivity index (χ0n) is 19.1. The van der Waals surface area contributed by atoms with Crippen molar-refractivity contribution in [3.63, 3.8) is 0 Å². The van der Waals surface area contributed by atoms with Crippen LogP contribution >= 0.6 is 0 Å². The lowest BCUT2D eigenvalue weighted by molar-refractivity contribution is 0.600. The van der Waals surface area contributed by atoms with Gasteiger partial charge in [-0.25, -0.2) is 18.4 Å². The van der Waals surface area contributed by atoms with Crippen LogP contribution in [0.2, 0.25) is 0 Å². The fourth-order valence-corrected chi connectivity index (χ4v) is 4.95. The zero-order chi connectivity index (χ0) is 23.4. The number of nitrogens with one attached hydrogen (secondary N) is 2. The van der Waals surface area contributed by atoms with Crippen LogP contribution in [0.25, 0.3) is 11.0 Å². The number of anilines is 3. The third-order valence-electron chi connectivity index (χ3n) is 5.47. The maximum Gasteiger partial charge on any atom is 0.263 e. The summed E-state index contributed by atoms with van der Waals surface area (Å²) in [5, 5.41) is 3.25. The van der Waals surface area contributed by atoms with E-state index in [0.29, 0.717) is 22.4 Å². The summed E-state index contributed by atoms with van der Waals surface area (Å²) in [5.74, 6) is 0.508. The average Bonchev–Trinajstić information content (AvgIpc) is 2.80. The Kier molecular flexibility index (Phi) is 6.60. The largest absolute Gasteiger partial charge is 0.337 e. The molecule has 3 aromatic carbocycles. The van der Waals surface area contributed by atoms with Crippen LogP contribution in [0.5, 0.6) is 0 Å². The van der Waals surface area contributed by atoms with Crippen LogP contribution in [0.4, 0.5) is 17.3 Å². The van der Waals surface area contributed by atoms with Gasteiger partial charge in [-0.2, -0.15) is 0 Å². The first-order chi connectivity index (χ1) is 15.9. The molecular weight excluding hydrogens is 432 g/mol. The first-order valence-electron chi connectivity index (χ1n) is 11.1. The molecule has 2 N–H and O–H groups in total. The number of benzene rings is 3. The summed E-state index contributed by atoms with van der Waals surface area (Å²) in [6, 6.07) is 20.8. The molecule has 0 saturated carbocycles. The second-order valence-electron chi connectivity index (χ2n) is 8.21. The number of hydrogen-bond donors (Lipinski definition) is 2. The first-order valence-corrected chi connectivity index (χ1v) is 12.6. The molecule has 0 aliphatic rings. The highest BCUT2D eigenvalue weighted by atomic mass is 32.2. The summed E-state index contributed by atoms with van der Waals surface area (Å²) in [4.78, 5) is 9.46. The molecule has 33 heavy (non-hydrogen) atoms. The van der Waals surface area contributed by atoms with Crippen LogP contribution in [0.3, 0.4) is 0 Å². The van der Waals surface area contributed by atoms with Crippen molar-refractivity contribution in [1.29, 1.82) is 0 Å². The van der Waals surface area contributed by atoms with Crippen molar-refractivity contribution in [2.24, 2.45) is 0 Å². The van der Waals surface area contributed by atoms with Crippen LogP contribution in [0, 0.1) is 13.8 Å². The Bertz CT molecular complexity index is 1380. The topological polar surface area (TPSA) is 84.0 Å². The van der Waals surface area contributed by atoms with Gasteiger partial charge in [0, 0.05) is 5.69 Å². The molecule has 4 rings (SSSR count). The highest BCUT2D eigenvalue weighted by Crippen LogP contribution is 2.28. The summed E-state index contributed by atoms with van der Waals surface area (Å²) in [6.45, 7) is 5.82. The van der Waals surface area contributed by atoms with Crippen molar-refractivity contribution in [2.45, 2.75) is 44.9 Å². The molecule has 0 radical (unpaired) electrons. The number of unbranched alkanes of at least 4 members (excludes halogenated alkanes) is 1. The van der Waals surface area contributed by atoms with Crippen molar-refractivity contribution in [1.82, 2.24) is 9.97 Å². The molecule has 0 spiro atoms. The molecule has 6 nitrogen and oxygen atoms in total. The third kappa shape index (κ3) is 5.31. The molecule has 0 aliphatic heterocycles. The summed E-state index contributed by atoms with van der Waals surface area (Å²) in [7, 11) is -3.86. The van der Waals surface area contributed by atoms with Gasteiger partial charge in [0.1, 0.15) is 0 Å². The van der Waals surface area contributed by atoms with E-state index in [2.05, 4.69) is 39.1 Å². The second kappa shape index (κ2) is 9.58. The van der Waals surface area contributed by atoms with Gasteiger partial charge in [-0.15, -0.1) is 0 Å². The minimum Gasteiger partial charge on any atom is -0.337 e. The highest BCUT2D eigenvalue weighted by molar-refractivity contribution is 7.92. The Morgan fingerprint density at radius 1 is 0.848 bits per heavy atom. The number of para-hydroxylation sites is 2. The van der Waals surface area contributed by atoms with E-state index in [1.807, 2.05) is 49.4 Å². The molecule has 0 saturated heterocycles. The number of aryl methyl sites for hydroxylation is 3. The van der Waals surface area contributed by atoms with Gasteiger partial charge in [0.05, 0.1) is 15.9 Å². The van der Waals surface area contributed by atoms with Gasteiger partial charge in [0.2, 0.25) is 0 Å². The third-order valence-corrected chi connectivity index (χ3v) is 6.95. The minimum atomic E-state index is -3.86. The molecule has 0 amide bonds. The van der Waals surface area contributed by atoms with Gasteiger partial charge in [0.25, 0.3) is 10.0 Å². The molecular formula is C26H28N4O2S. The Balaban J connectivity index is 1.71. The SMILES string of the molecule is CCCCc1ccc(Nc2nc3ccccc3nc2NS(=O)(=O)c2cc(C)ccc2C)cc1. The molecule has 0 bridgehead atoms. The van der Waals surface area contributed by atoms with Gasteiger partial charge in [-0.05, 0) is 73.7 Å². The number of hydrogen-bond acceptors (Lipinski definition) is 5. The van der Waals surface area contributed by atoms with Gasteiger partial charge < -0.3 is 5.32 Å². The lowest BCUT2D eigenvalue weighted by Crippen LogP contribution is -2.17. The second-order valence-corrected chi connectivity index (χ2v) is 9.86. The summed E-state index contributed by atoms with van der Waals surface area (Å²) < 4.78 is 29.2. The lowest BCUT2D eigenvalue weighted by atomic mass is 10.1. The Hall–Kier alpha value is -3.45. The van der Waals surface area contributed by atoms with Crippen molar-refractivity contribution in [3.05, 3.63) is 83.4 Å². The fraction of sp³-hybridized carbons (Fsp3) is 0.231. The van der Waals surface area contributed by atoms with Crippen molar-refractivity contribution >= 4 is 38.4 Å². The fourth-order valence-electron chi connectivity index (χ4n) is 3.61. The van der Waals surface area contributed by atoms with Crippen LogP contribution in [-0.2, 0) is 16.4 Å². The van der Waals surface area contributed by atoms with Gasteiger partial charge in [-0.1, -0.05) is 49.7 Å². The summed E-state index contributed by atoms with van der Waals surface area (Å²) in [6.07, 6.45) is 3.33. The van der Waals surface area contributed by atoms with Crippen molar-refractivity contribution in [3.8, 4) is 0 Å². The quantitative estimate of drug-likeness (QED) is 0.330. The lowest BCUT2D eigenvalue weighted by Gasteiger charge is -2.15. The molecule has 0 unspecified atom stereocenters. The van der Waals surface area contributed by atoms with E-state index in [-0.39, 0.29) is 10.7 Å². The smallest absolute Gasteiger partial charge is 0.263 e. The average molecular weight is 461 g/mol. The Morgan fingerprint density at radius 2 is 1.52 bits per heavy atom. The normalized spacial score (nSPS) is 11.5. The monoisotopic (exact) mass is 460 g/mol. The number of sulfonamides is 1. The summed E-state index contributed by atoms with van der Waals surface area (Å²) >= 11 is 0. The van der Waals surface area contributed by atoms with E-state index in [1.165, 1.54) is 5.56 Å². The first kappa shape index (κ1) is 22.7. The van der Waals surface area contributed by atoms with Crippen molar-refractivity contribution < 1.29 is 8.42 Å². The van der Waals surface area contributed by atoms with E-state index in [4.69, 9.17) is 0 Å². The maximum atomic E-state index is 13.3. The van der Waals surface area contributed by atoms with E-state index in [0.717, 1.165) is 30.5 Å². The molecule has 0 atom stereocenters. The zero-order valence-corrected chi connectivity index (χ0v) is 19.9. The van der Waals surface area contributed by atoms with Crippen LogP contribution < -0.4 is 10.0 Å². The molecule has 170 valence electrons. The predicted octanol–water partition coefficient (Wildman–Crippen LogP) is 6.13. The molecule has 1 heterocycles. The van der Waals surface area contributed by atoms with Gasteiger partial charge >= 0.3 is 0 Å². The molecule has 0 fully saturated rings. The Labute approximate surface area is 195 Å². The maximum absolute atomic E-state index is 13.3. The van der Waals surface area contributed by atoms with Gasteiger partial charge in [0.15, 0.2) is 11.6 Å². The van der Waals surface area contributed by atoms with E-state index >= 15 is 0 Å². The predicted molar refractivity (Wildman–Crippen MR) is 135 cm³/mol. The standard InChI is InChI=1S/C26H28N4O2S/c1-4-5-8-20-13-15-21(16-14-20)27-25-26(29-23-10-7-6-9-22(23)28-25)30-33(31,32)24-17-18(2)11-12-19(24)3/h6-7,9-17H,4-5,8H2,1-3H3,(H,27,28)(H,29,30). The molecule has 1 aromatic heterocycles. The summed E-state index contributed by atoms with van der Waals surface area (Å²) in [5.41, 5.74) is 4.90. The number of rotatable bonds is 8. The molecule has 7 heteroatoms. The number of aromatic nitrogens is 2. The van der Waals surface area contributed by atoms with E-state index in [9.17, 15) is 8.42 Å².